The van der Waals surface area contributed by atoms with Crippen molar-refractivity contribution in [2.45, 2.75) is 20.0 Å². The Morgan fingerprint density at radius 3 is 2.43 bits per heavy atom. The lowest BCUT2D eigenvalue weighted by atomic mass is 10.2. The van der Waals surface area contributed by atoms with Crippen LogP contribution in [0.3, 0.4) is 0 Å². The highest BCUT2D eigenvalue weighted by molar-refractivity contribution is 5.74. The number of rotatable bonds is 3. The first-order chi connectivity index (χ1) is 9.62. The fraction of sp³-hybridized carbons (Fsp3) is 0.455. The summed E-state index contributed by atoms with van der Waals surface area (Å²) < 4.78 is 39.2. The molecular weight excluding hydrogens is 291 g/mol. The van der Waals surface area contributed by atoms with Crippen LogP contribution in [0.5, 0.6) is 0 Å². The lowest BCUT2D eigenvalue weighted by Crippen LogP contribution is -2.28. The molecule has 0 unspecified atom stereocenters. The zero-order valence-corrected chi connectivity index (χ0v) is 11.4. The minimum absolute atomic E-state index is 0.00713. The van der Waals surface area contributed by atoms with Crippen molar-refractivity contribution in [1.29, 1.82) is 0 Å². The van der Waals surface area contributed by atoms with E-state index in [4.69, 9.17) is 5.11 Å². The molecule has 0 saturated carbocycles. The van der Waals surface area contributed by atoms with Gasteiger partial charge in [0.1, 0.15) is 6.54 Å². The summed E-state index contributed by atoms with van der Waals surface area (Å²) in [4.78, 5) is 12.0. The Balaban J connectivity index is 2.67. The number of carboxylic acid groups (broad SMARTS) is 1. The molecule has 7 nitrogen and oxygen atoms in total. The molecule has 1 N–H and O–H groups in total. The molecule has 114 valence electrons. The van der Waals surface area contributed by atoms with Crippen molar-refractivity contribution in [3.63, 3.8) is 0 Å². The third-order valence-electron chi connectivity index (χ3n) is 3.06. The molecule has 21 heavy (non-hydrogen) atoms. The molecule has 10 heteroatoms. The van der Waals surface area contributed by atoms with Crippen molar-refractivity contribution < 1.29 is 23.1 Å². The first-order valence-electron chi connectivity index (χ1n) is 5.85. The highest BCUT2D eigenvalue weighted by Gasteiger charge is 2.38. The molecule has 0 bridgehead atoms. The van der Waals surface area contributed by atoms with Crippen LogP contribution in [0, 0.1) is 13.8 Å². The van der Waals surface area contributed by atoms with Crippen molar-refractivity contribution in [2.24, 2.45) is 0 Å². The molecule has 0 saturated heterocycles. The zero-order chi connectivity index (χ0) is 15.9. The van der Waals surface area contributed by atoms with Crippen LogP contribution < -0.4 is 4.90 Å². The van der Waals surface area contributed by atoms with Crippen LogP contribution in [0.2, 0.25) is 0 Å². The quantitative estimate of drug-likeness (QED) is 0.919. The molecule has 0 fully saturated rings. The van der Waals surface area contributed by atoms with Crippen molar-refractivity contribution in [3.8, 4) is 0 Å². The number of aliphatic carboxylic acids is 1. The van der Waals surface area contributed by atoms with Crippen molar-refractivity contribution in [2.75, 3.05) is 18.5 Å². The Bertz CT molecular complexity index is 710. The Morgan fingerprint density at radius 2 is 1.90 bits per heavy atom. The number of hydrogen-bond acceptors (Lipinski definition) is 5. The van der Waals surface area contributed by atoms with Crippen molar-refractivity contribution in [3.05, 3.63) is 17.0 Å². The Hall–Kier alpha value is -2.39. The second-order valence-electron chi connectivity index (χ2n) is 4.58. The fourth-order valence-corrected chi connectivity index (χ4v) is 1.93. The Kier molecular flexibility index (Phi) is 3.47. The van der Waals surface area contributed by atoms with Gasteiger partial charge >= 0.3 is 12.1 Å². The maximum Gasteiger partial charge on any atom is 0.453 e. The molecule has 0 spiro atoms. The number of alkyl halides is 3. The summed E-state index contributed by atoms with van der Waals surface area (Å²) in [6, 6.07) is 0. The molecular formula is C11H12F3N5O2. The minimum atomic E-state index is -4.70. The molecule has 0 aliphatic carbocycles. The highest BCUT2D eigenvalue weighted by atomic mass is 19.4. The average molecular weight is 303 g/mol. The topological polar surface area (TPSA) is 83.6 Å². The number of halogens is 3. The molecule has 0 amide bonds. The summed E-state index contributed by atoms with van der Waals surface area (Å²) in [5, 5.41) is 19.3. The number of anilines is 1. The Morgan fingerprint density at radius 1 is 1.29 bits per heavy atom. The SMILES string of the molecule is Cc1c(N(C)CC(=O)O)nn2c(C(F)(F)F)nnc2c1C. The van der Waals surface area contributed by atoms with Gasteiger partial charge in [-0.1, -0.05) is 0 Å². The van der Waals surface area contributed by atoms with Crippen LogP contribution in [-0.2, 0) is 11.0 Å². The van der Waals surface area contributed by atoms with E-state index in [0.717, 1.165) is 0 Å². The van der Waals surface area contributed by atoms with Gasteiger partial charge in [-0.3, -0.25) is 4.79 Å². The maximum atomic E-state index is 12.9. The highest BCUT2D eigenvalue weighted by Crippen LogP contribution is 2.30. The van der Waals surface area contributed by atoms with Crippen LogP contribution in [0.1, 0.15) is 17.0 Å². The molecule has 2 aromatic heterocycles. The molecule has 0 atom stereocenters. The molecule has 0 aliphatic rings. The minimum Gasteiger partial charge on any atom is -0.480 e. The Labute approximate surface area is 117 Å². The summed E-state index contributed by atoms with van der Waals surface area (Å²) in [5.41, 5.74) is 1.000. The van der Waals surface area contributed by atoms with Crippen LogP contribution in [0.25, 0.3) is 5.65 Å². The molecule has 0 radical (unpaired) electrons. The molecule has 2 rings (SSSR count). The molecule has 2 heterocycles. The summed E-state index contributed by atoms with van der Waals surface area (Å²) in [6.45, 7) is 2.83. The van der Waals surface area contributed by atoms with Gasteiger partial charge in [-0.05, 0) is 13.8 Å². The normalized spacial score (nSPS) is 11.9. The summed E-state index contributed by atoms with van der Waals surface area (Å²) in [7, 11) is 1.44. The van der Waals surface area contributed by atoms with E-state index >= 15 is 0 Å². The number of nitrogens with zero attached hydrogens (tertiary/aromatic N) is 5. The van der Waals surface area contributed by atoms with E-state index < -0.39 is 18.0 Å². The number of aromatic nitrogens is 4. The predicted octanol–water partition coefficient (Wildman–Crippen LogP) is 1.28. The molecule has 2 aromatic rings. The van der Waals surface area contributed by atoms with Crippen LogP contribution in [0.4, 0.5) is 19.0 Å². The summed E-state index contributed by atoms with van der Waals surface area (Å²) in [6.07, 6.45) is -4.70. The number of hydrogen-bond donors (Lipinski definition) is 1. The van der Waals surface area contributed by atoms with E-state index in [0.29, 0.717) is 15.6 Å². The van der Waals surface area contributed by atoms with Crippen molar-refractivity contribution >= 4 is 17.4 Å². The lowest BCUT2D eigenvalue weighted by molar-refractivity contribution is -0.146. The van der Waals surface area contributed by atoms with E-state index in [1.807, 2.05) is 0 Å². The molecule has 0 aliphatic heterocycles. The van der Waals surface area contributed by atoms with Crippen molar-refractivity contribution in [1.82, 2.24) is 19.8 Å². The monoisotopic (exact) mass is 303 g/mol. The predicted molar refractivity (Wildman–Crippen MR) is 66.2 cm³/mol. The number of likely N-dealkylation sites (N-methyl/N-ethyl adjacent to an activating group) is 1. The van der Waals surface area contributed by atoms with Gasteiger partial charge in [0, 0.05) is 18.2 Å². The lowest BCUT2D eigenvalue weighted by Gasteiger charge is -2.19. The van der Waals surface area contributed by atoms with Gasteiger partial charge in [-0.2, -0.15) is 17.7 Å². The summed E-state index contributed by atoms with van der Waals surface area (Å²) >= 11 is 0. The van der Waals surface area contributed by atoms with Gasteiger partial charge in [0.05, 0.1) is 0 Å². The van der Waals surface area contributed by atoms with Crippen LogP contribution in [-0.4, -0.2) is 44.5 Å². The van der Waals surface area contributed by atoms with E-state index in [1.165, 1.54) is 11.9 Å². The average Bonchev–Trinajstić information content (AvgIpc) is 2.76. The van der Waals surface area contributed by atoms with E-state index in [9.17, 15) is 18.0 Å². The first-order valence-corrected chi connectivity index (χ1v) is 5.85. The summed E-state index contributed by atoms with van der Waals surface area (Å²) in [5.74, 6) is -2.23. The van der Waals surface area contributed by atoms with Crippen LogP contribution >= 0.6 is 0 Å². The second-order valence-corrected chi connectivity index (χ2v) is 4.58. The fourth-order valence-electron chi connectivity index (χ4n) is 1.93. The van der Waals surface area contributed by atoms with Crippen LogP contribution in [0.15, 0.2) is 0 Å². The van der Waals surface area contributed by atoms with Gasteiger partial charge in [0.2, 0.25) is 0 Å². The van der Waals surface area contributed by atoms with Gasteiger partial charge in [0.15, 0.2) is 11.5 Å². The number of fused-ring (bicyclic) bond motifs is 1. The number of carboxylic acids is 1. The smallest absolute Gasteiger partial charge is 0.453 e. The number of aryl methyl sites for hydroxylation is 1. The standard InChI is InChI=1S/C11H12F3N5O2/c1-5-6(2)9(18(3)4-7(20)21)17-19-8(5)15-16-10(19)11(12,13)14/h4H2,1-3H3,(H,20,21). The second kappa shape index (κ2) is 4.86. The van der Waals surface area contributed by atoms with E-state index in [2.05, 4.69) is 15.3 Å². The van der Waals surface area contributed by atoms with E-state index in [-0.39, 0.29) is 18.0 Å². The van der Waals surface area contributed by atoms with Gasteiger partial charge < -0.3 is 10.0 Å². The van der Waals surface area contributed by atoms with E-state index in [1.54, 1.807) is 13.8 Å². The first kappa shape index (κ1) is 15.0. The van der Waals surface area contributed by atoms with Gasteiger partial charge in [-0.15, -0.1) is 15.3 Å². The third-order valence-corrected chi connectivity index (χ3v) is 3.06. The third kappa shape index (κ3) is 2.60. The van der Waals surface area contributed by atoms with Gasteiger partial charge in [-0.25, -0.2) is 0 Å². The maximum absolute atomic E-state index is 12.9. The number of carbonyl (C=O) groups is 1. The largest absolute Gasteiger partial charge is 0.480 e. The molecule has 0 aromatic carbocycles. The zero-order valence-electron chi connectivity index (χ0n) is 11.4. The van der Waals surface area contributed by atoms with Gasteiger partial charge in [0.25, 0.3) is 5.82 Å².